The molecule has 0 radical (unpaired) electrons. The van der Waals surface area contributed by atoms with Crippen LogP contribution >= 0.6 is 7.60 Å². The van der Waals surface area contributed by atoms with Crippen molar-refractivity contribution in [1.29, 1.82) is 0 Å². The van der Waals surface area contributed by atoms with Crippen LogP contribution in [0.3, 0.4) is 0 Å². The van der Waals surface area contributed by atoms with Gasteiger partial charge < -0.3 is 13.8 Å². The Labute approximate surface area is 165 Å². The molecule has 0 rings (SSSR count). The number of Topliss-reactive ketones (excluding diaryl/α,β-unsaturated/α-hetero) is 1. The number of carbonyl (C=O) groups excluding carboxylic acids is 2. The Morgan fingerprint density at radius 3 is 1.96 bits per heavy atom. The van der Waals surface area contributed by atoms with Crippen LogP contribution in [0, 0.1) is 11.8 Å². The quantitative estimate of drug-likeness (QED) is 0.199. The SMILES string of the molecule is COP(=O)(CC(=O)CC/C=C(\C)CC/C=C(\C)CCC(C=O)C(C)C)OC. The molecule has 0 amide bonds. The summed E-state index contributed by atoms with van der Waals surface area (Å²) >= 11 is 0. The molecule has 0 saturated heterocycles. The van der Waals surface area contributed by atoms with E-state index in [9.17, 15) is 14.2 Å². The van der Waals surface area contributed by atoms with Gasteiger partial charge in [0.2, 0.25) is 0 Å². The molecule has 0 aliphatic heterocycles. The van der Waals surface area contributed by atoms with Crippen molar-refractivity contribution in [2.24, 2.45) is 11.8 Å². The summed E-state index contributed by atoms with van der Waals surface area (Å²) < 4.78 is 21.5. The molecule has 0 N–H and O–H groups in total. The molecule has 1 atom stereocenters. The number of hydrogen-bond donors (Lipinski definition) is 0. The molecule has 6 heteroatoms. The van der Waals surface area contributed by atoms with Crippen LogP contribution in [0.4, 0.5) is 0 Å². The Kier molecular flexibility index (Phi) is 13.5. The molecule has 0 heterocycles. The zero-order valence-corrected chi connectivity index (χ0v) is 18.7. The molecule has 0 aromatic carbocycles. The first kappa shape index (κ1) is 26.0. The fourth-order valence-electron chi connectivity index (χ4n) is 2.68. The topological polar surface area (TPSA) is 69.7 Å². The van der Waals surface area contributed by atoms with Gasteiger partial charge in [-0.2, -0.15) is 0 Å². The average Bonchev–Trinajstić information content (AvgIpc) is 2.61. The predicted molar refractivity (Wildman–Crippen MR) is 111 cm³/mol. The minimum Gasteiger partial charge on any atom is -0.312 e. The molecular formula is C21H37O5P. The molecule has 5 nitrogen and oxygen atoms in total. The minimum absolute atomic E-state index is 0.114. The van der Waals surface area contributed by atoms with Crippen LogP contribution in [0.15, 0.2) is 23.3 Å². The van der Waals surface area contributed by atoms with E-state index in [-0.39, 0.29) is 17.9 Å². The van der Waals surface area contributed by atoms with E-state index in [2.05, 4.69) is 39.8 Å². The highest BCUT2D eigenvalue weighted by Crippen LogP contribution is 2.46. The van der Waals surface area contributed by atoms with Gasteiger partial charge in [-0.15, -0.1) is 0 Å². The van der Waals surface area contributed by atoms with Gasteiger partial charge in [0.15, 0.2) is 0 Å². The van der Waals surface area contributed by atoms with Gasteiger partial charge in [0.25, 0.3) is 0 Å². The molecule has 27 heavy (non-hydrogen) atoms. The molecule has 0 spiro atoms. The van der Waals surface area contributed by atoms with Gasteiger partial charge in [-0.1, -0.05) is 37.1 Å². The van der Waals surface area contributed by atoms with E-state index in [0.717, 1.165) is 32.0 Å². The summed E-state index contributed by atoms with van der Waals surface area (Å²) in [5.41, 5.74) is 2.56. The molecule has 156 valence electrons. The zero-order valence-electron chi connectivity index (χ0n) is 17.8. The second-order valence-corrected chi connectivity index (χ2v) is 9.70. The van der Waals surface area contributed by atoms with Crippen LogP contribution < -0.4 is 0 Å². The van der Waals surface area contributed by atoms with Crippen molar-refractivity contribution in [3.05, 3.63) is 23.3 Å². The third-order valence-corrected chi connectivity index (χ3v) is 6.63. The third-order valence-electron chi connectivity index (χ3n) is 4.78. The highest BCUT2D eigenvalue weighted by Gasteiger charge is 2.24. The summed E-state index contributed by atoms with van der Waals surface area (Å²) in [7, 11) is -0.671. The lowest BCUT2D eigenvalue weighted by atomic mass is 9.91. The van der Waals surface area contributed by atoms with Gasteiger partial charge in [-0.25, -0.2) is 0 Å². The Morgan fingerprint density at radius 2 is 1.48 bits per heavy atom. The summed E-state index contributed by atoms with van der Waals surface area (Å²) in [6.07, 6.45) is 9.94. The Balaban J connectivity index is 4.20. The maximum atomic E-state index is 11.9. The van der Waals surface area contributed by atoms with Crippen LogP contribution in [-0.2, 0) is 23.2 Å². The number of aldehydes is 1. The minimum atomic E-state index is -3.25. The van der Waals surface area contributed by atoms with Crippen molar-refractivity contribution >= 4 is 19.7 Å². The Bertz CT molecular complexity index is 555. The van der Waals surface area contributed by atoms with Crippen molar-refractivity contribution < 1.29 is 23.2 Å². The first-order valence-electron chi connectivity index (χ1n) is 9.66. The largest absolute Gasteiger partial charge is 0.337 e. The molecule has 0 aromatic heterocycles. The Morgan fingerprint density at radius 1 is 0.963 bits per heavy atom. The smallest absolute Gasteiger partial charge is 0.312 e. The average molecular weight is 400 g/mol. The van der Waals surface area contributed by atoms with Crippen LogP contribution in [0.25, 0.3) is 0 Å². The molecule has 0 aliphatic carbocycles. The predicted octanol–water partition coefficient (Wildman–Crippen LogP) is 5.75. The number of carbonyl (C=O) groups is 2. The number of rotatable bonds is 15. The van der Waals surface area contributed by atoms with E-state index in [0.29, 0.717) is 18.8 Å². The summed E-state index contributed by atoms with van der Waals surface area (Å²) in [6, 6.07) is 0. The summed E-state index contributed by atoms with van der Waals surface area (Å²) in [4.78, 5) is 22.9. The fraction of sp³-hybridized carbons (Fsp3) is 0.714. The molecule has 1 unspecified atom stereocenters. The first-order chi connectivity index (χ1) is 12.7. The second kappa shape index (κ2) is 14.0. The van der Waals surface area contributed by atoms with Crippen molar-refractivity contribution in [2.45, 2.75) is 66.2 Å². The molecular weight excluding hydrogens is 363 g/mol. The van der Waals surface area contributed by atoms with Crippen LogP contribution in [0.2, 0.25) is 0 Å². The van der Waals surface area contributed by atoms with Crippen LogP contribution in [0.5, 0.6) is 0 Å². The highest BCUT2D eigenvalue weighted by molar-refractivity contribution is 7.54. The van der Waals surface area contributed by atoms with Gasteiger partial charge in [-0.05, 0) is 51.9 Å². The zero-order chi connectivity index (χ0) is 20.9. The first-order valence-corrected chi connectivity index (χ1v) is 11.4. The number of hydrogen-bond acceptors (Lipinski definition) is 5. The van der Waals surface area contributed by atoms with E-state index >= 15 is 0 Å². The maximum Gasteiger partial charge on any atom is 0.337 e. The molecule has 0 saturated carbocycles. The van der Waals surface area contributed by atoms with Gasteiger partial charge in [0.05, 0.1) is 0 Å². The monoisotopic (exact) mass is 400 g/mol. The molecule has 0 aromatic rings. The lowest BCUT2D eigenvalue weighted by Gasteiger charge is -2.13. The van der Waals surface area contributed by atoms with Crippen LogP contribution in [0.1, 0.15) is 66.2 Å². The summed E-state index contributed by atoms with van der Waals surface area (Å²) in [5, 5.41) is 0. The van der Waals surface area contributed by atoms with Crippen molar-refractivity contribution in [2.75, 3.05) is 20.4 Å². The molecule has 0 aliphatic rings. The van der Waals surface area contributed by atoms with Gasteiger partial charge >= 0.3 is 7.60 Å². The van der Waals surface area contributed by atoms with E-state index in [1.807, 2.05) is 0 Å². The summed E-state index contributed by atoms with van der Waals surface area (Å²) in [6.45, 7) is 8.34. The Hall–Kier alpha value is -1.03. The second-order valence-electron chi connectivity index (χ2n) is 7.43. The molecule has 0 bridgehead atoms. The lowest BCUT2D eigenvalue weighted by Crippen LogP contribution is -2.09. The van der Waals surface area contributed by atoms with E-state index in [1.165, 1.54) is 25.4 Å². The summed E-state index contributed by atoms with van der Waals surface area (Å²) in [5.74, 6) is 0.417. The van der Waals surface area contributed by atoms with Crippen molar-refractivity contribution in [1.82, 2.24) is 0 Å². The van der Waals surface area contributed by atoms with E-state index < -0.39 is 7.60 Å². The molecule has 0 fully saturated rings. The van der Waals surface area contributed by atoms with Crippen molar-refractivity contribution in [3.63, 3.8) is 0 Å². The normalized spacial score (nSPS) is 14.5. The highest BCUT2D eigenvalue weighted by atomic mass is 31.2. The maximum absolute atomic E-state index is 11.9. The van der Waals surface area contributed by atoms with Crippen LogP contribution in [-0.4, -0.2) is 32.5 Å². The fourth-order valence-corrected chi connectivity index (χ4v) is 3.68. The van der Waals surface area contributed by atoms with Gasteiger partial charge in [0, 0.05) is 26.6 Å². The van der Waals surface area contributed by atoms with E-state index in [1.54, 1.807) is 0 Å². The lowest BCUT2D eigenvalue weighted by molar-refractivity contribution is -0.117. The third kappa shape index (κ3) is 12.1. The van der Waals surface area contributed by atoms with E-state index in [4.69, 9.17) is 9.05 Å². The van der Waals surface area contributed by atoms with Gasteiger partial charge in [-0.3, -0.25) is 9.36 Å². The number of ketones is 1. The van der Waals surface area contributed by atoms with Crippen molar-refractivity contribution in [3.8, 4) is 0 Å². The number of allylic oxidation sites excluding steroid dienone is 4. The van der Waals surface area contributed by atoms with Gasteiger partial charge in [0.1, 0.15) is 18.2 Å². The standard InChI is InChI=1S/C21H37O5P/c1-17(2)20(15-22)14-13-19(4)10-7-9-18(3)11-8-12-21(23)16-27(24,25-5)26-6/h10-11,15,17,20H,7-9,12-14,16H2,1-6H3/b18-11+,19-10+.